The summed E-state index contributed by atoms with van der Waals surface area (Å²) in [5, 5.41) is 7.10. The molecule has 0 atom stereocenters. The molecule has 1 heterocycles. The van der Waals surface area contributed by atoms with Crippen molar-refractivity contribution in [3.8, 4) is 5.69 Å². The minimum atomic E-state index is -0.424. The quantitative estimate of drug-likeness (QED) is 0.727. The van der Waals surface area contributed by atoms with Crippen molar-refractivity contribution < 1.29 is 14.3 Å². The van der Waals surface area contributed by atoms with Crippen LogP contribution in [-0.2, 0) is 4.74 Å². The standard InChI is InChI=1S/C21H22N4O3/c1-4-28-21(27)24(3)18-11-7-17(8-12-18)23-20(26)16-5-9-19(10-6-16)25-14-15(2)13-22-25/h5-14H,4H2,1-3H3,(H,23,26). The number of anilines is 2. The number of hydrogen-bond donors (Lipinski definition) is 1. The third kappa shape index (κ3) is 4.37. The number of carbonyl (C=O) groups excluding carboxylic acids is 2. The lowest BCUT2D eigenvalue weighted by atomic mass is 10.2. The van der Waals surface area contributed by atoms with Gasteiger partial charge in [-0.1, -0.05) is 0 Å². The molecular formula is C21H22N4O3. The predicted molar refractivity (Wildman–Crippen MR) is 108 cm³/mol. The molecule has 0 bridgehead atoms. The summed E-state index contributed by atoms with van der Waals surface area (Å²) in [6.45, 7) is 4.05. The van der Waals surface area contributed by atoms with Crippen LogP contribution in [0.3, 0.4) is 0 Å². The molecule has 0 aliphatic carbocycles. The molecule has 144 valence electrons. The molecule has 0 spiro atoms. The Morgan fingerprint density at radius 2 is 1.79 bits per heavy atom. The molecule has 0 aliphatic rings. The van der Waals surface area contributed by atoms with E-state index < -0.39 is 6.09 Å². The molecule has 7 nitrogen and oxygen atoms in total. The van der Waals surface area contributed by atoms with E-state index in [1.807, 2.05) is 25.3 Å². The fourth-order valence-electron chi connectivity index (χ4n) is 2.62. The highest BCUT2D eigenvalue weighted by Crippen LogP contribution is 2.18. The maximum absolute atomic E-state index is 12.5. The van der Waals surface area contributed by atoms with Crippen LogP contribution in [0.15, 0.2) is 60.9 Å². The van der Waals surface area contributed by atoms with Crippen molar-refractivity contribution >= 4 is 23.4 Å². The molecule has 0 fully saturated rings. The highest BCUT2D eigenvalue weighted by molar-refractivity contribution is 6.04. The molecule has 1 N–H and O–H groups in total. The summed E-state index contributed by atoms with van der Waals surface area (Å²) < 4.78 is 6.72. The molecule has 3 rings (SSSR count). The molecule has 0 unspecified atom stereocenters. The zero-order valence-electron chi connectivity index (χ0n) is 16.0. The van der Waals surface area contributed by atoms with E-state index in [2.05, 4.69) is 10.4 Å². The number of aromatic nitrogens is 2. The van der Waals surface area contributed by atoms with Crippen molar-refractivity contribution in [1.29, 1.82) is 0 Å². The minimum absolute atomic E-state index is 0.213. The minimum Gasteiger partial charge on any atom is -0.449 e. The van der Waals surface area contributed by atoms with E-state index >= 15 is 0 Å². The molecule has 0 radical (unpaired) electrons. The summed E-state index contributed by atoms with van der Waals surface area (Å²) >= 11 is 0. The van der Waals surface area contributed by atoms with Crippen LogP contribution in [-0.4, -0.2) is 35.4 Å². The Bertz CT molecular complexity index is 962. The van der Waals surface area contributed by atoms with E-state index in [9.17, 15) is 9.59 Å². The normalized spacial score (nSPS) is 10.4. The van der Waals surface area contributed by atoms with Gasteiger partial charge in [0.2, 0.25) is 0 Å². The summed E-state index contributed by atoms with van der Waals surface area (Å²) in [5.74, 6) is -0.213. The average molecular weight is 378 g/mol. The van der Waals surface area contributed by atoms with Crippen LogP contribution in [0, 0.1) is 6.92 Å². The van der Waals surface area contributed by atoms with E-state index in [4.69, 9.17) is 4.74 Å². The van der Waals surface area contributed by atoms with E-state index in [1.54, 1.807) is 61.2 Å². The van der Waals surface area contributed by atoms with Crippen molar-refractivity contribution in [3.05, 3.63) is 72.1 Å². The van der Waals surface area contributed by atoms with Gasteiger partial charge in [-0.15, -0.1) is 0 Å². The Labute approximate surface area is 163 Å². The number of hydrogen-bond acceptors (Lipinski definition) is 4. The van der Waals surface area contributed by atoms with Gasteiger partial charge in [-0.2, -0.15) is 5.10 Å². The fraction of sp³-hybridized carbons (Fsp3) is 0.190. The van der Waals surface area contributed by atoms with Gasteiger partial charge in [-0.3, -0.25) is 9.69 Å². The van der Waals surface area contributed by atoms with Crippen LogP contribution >= 0.6 is 0 Å². The van der Waals surface area contributed by atoms with Gasteiger partial charge in [-0.25, -0.2) is 9.48 Å². The Kier molecular flexibility index (Phi) is 5.74. The topological polar surface area (TPSA) is 76.5 Å². The monoisotopic (exact) mass is 378 g/mol. The fourth-order valence-corrected chi connectivity index (χ4v) is 2.62. The van der Waals surface area contributed by atoms with Gasteiger partial charge < -0.3 is 10.1 Å². The molecular weight excluding hydrogens is 356 g/mol. The Morgan fingerprint density at radius 3 is 2.36 bits per heavy atom. The SMILES string of the molecule is CCOC(=O)N(C)c1ccc(NC(=O)c2ccc(-n3cc(C)cn3)cc2)cc1. The summed E-state index contributed by atoms with van der Waals surface area (Å²) in [7, 11) is 1.63. The zero-order valence-corrected chi connectivity index (χ0v) is 16.0. The van der Waals surface area contributed by atoms with Crippen molar-refractivity contribution in [2.45, 2.75) is 13.8 Å². The molecule has 2 aromatic carbocycles. The number of rotatable bonds is 5. The number of nitrogens with zero attached hydrogens (tertiary/aromatic N) is 3. The van der Waals surface area contributed by atoms with Crippen molar-refractivity contribution in [1.82, 2.24) is 9.78 Å². The predicted octanol–water partition coefficient (Wildman–Crippen LogP) is 4.03. The van der Waals surface area contributed by atoms with E-state index in [0.29, 0.717) is 23.5 Å². The number of carbonyl (C=O) groups is 2. The van der Waals surface area contributed by atoms with Gasteiger partial charge in [0.1, 0.15) is 0 Å². The molecule has 0 saturated heterocycles. The first kappa shape index (κ1) is 19.2. The second-order valence-electron chi connectivity index (χ2n) is 6.27. The van der Waals surface area contributed by atoms with Gasteiger partial charge in [0.05, 0.1) is 18.5 Å². The highest BCUT2D eigenvalue weighted by Gasteiger charge is 2.12. The molecule has 28 heavy (non-hydrogen) atoms. The third-order valence-electron chi connectivity index (χ3n) is 4.16. The zero-order chi connectivity index (χ0) is 20.1. The molecule has 0 aliphatic heterocycles. The smallest absolute Gasteiger partial charge is 0.413 e. The van der Waals surface area contributed by atoms with Crippen LogP contribution < -0.4 is 10.2 Å². The highest BCUT2D eigenvalue weighted by atomic mass is 16.6. The average Bonchev–Trinajstić information content (AvgIpc) is 3.14. The van der Waals surface area contributed by atoms with Crippen LogP contribution in [0.5, 0.6) is 0 Å². The lowest BCUT2D eigenvalue weighted by Gasteiger charge is -2.17. The van der Waals surface area contributed by atoms with Crippen molar-refractivity contribution in [3.63, 3.8) is 0 Å². The maximum Gasteiger partial charge on any atom is 0.413 e. The van der Waals surface area contributed by atoms with Gasteiger partial charge >= 0.3 is 6.09 Å². The molecule has 7 heteroatoms. The third-order valence-corrected chi connectivity index (χ3v) is 4.16. The van der Waals surface area contributed by atoms with E-state index in [-0.39, 0.29) is 5.91 Å². The van der Waals surface area contributed by atoms with Gasteiger partial charge in [0, 0.05) is 30.2 Å². The number of aryl methyl sites for hydroxylation is 1. The van der Waals surface area contributed by atoms with Crippen LogP contribution in [0.25, 0.3) is 5.69 Å². The lowest BCUT2D eigenvalue weighted by molar-refractivity contribution is 0.102. The number of amides is 2. The van der Waals surface area contributed by atoms with E-state index in [1.165, 1.54) is 4.90 Å². The molecule has 2 amide bonds. The first-order chi connectivity index (χ1) is 13.5. The van der Waals surface area contributed by atoms with Gasteiger partial charge in [0.15, 0.2) is 0 Å². The lowest BCUT2D eigenvalue weighted by Crippen LogP contribution is -2.26. The second kappa shape index (κ2) is 8.39. The largest absolute Gasteiger partial charge is 0.449 e. The Balaban J connectivity index is 1.65. The Hall–Kier alpha value is -3.61. The number of nitrogens with one attached hydrogen (secondary N) is 1. The first-order valence-electron chi connectivity index (χ1n) is 8.91. The van der Waals surface area contributed by atoms with E-state index in [0.717, 1.165) is 11.3 Å². The summed E-state index contributed by atoms with van der Waals surface area (Å²) in [5.41, 5.74) is 3.81. The first-order valence-corrected chi connectivity index (χ1v) is 8.91. The second-order valence-corrected chi connectivity index (χ2v) is 6.27. The van der Waals surface area contributed by atoms with Crippen LogP contribution in [0.1, 0.15) is 22.8 Å². The molecule has 0 saturated carbocycles. The number of ether oxygens (including phenoxy) is 1. The Morgan fingerprint density at radius 1 is 1.11 bits per heavy atom. The number of benzene rings is 2. The van der Waals surface area contributed by atoms with Crippen LogP contribution in [0.4, 0.5) is 16.2 Å². The van der Waals surface area contributed by atoms with Gasteiger partial charge in [0.25, 0.3) is 5.91 Å². The summed E-state index contributed by atoms with van der Waals surface area (Å²) in [4.78, 5) is 25.6. The maximum atomic E-state index is 12.5. The van der Waals surface area contributed by atoms with Gasteiger partial charge in [-0.05, 0) is 67.9 Å². The van der Waals surface area contributed by atoms with Crippen molar-refractivity contribution in [2.24, 2.45) is 0 Å². The van der Waals surface area contributed by atoms with Crippen LogP contribution in [0.2, 0.25) is 0 Å². The summed E-state index contributed by atoms with van der Waals surface area (Å²) in [6, 6.07) is 14.2. The molecule has 3 aromatic rings. The molecule has 1 aromatic heterocycles. The summed E-state index contributed by atoms with van der Waals surface area (Å²) in [6.07, 6.45) is 3.28. The van der Waals surface area contributed by atoms with Crippen molar-refractivity contribution in [2.75, 3.05) is 23.9 Å².